The lowest BCUT2D eigenvalue weighted by Crippen LogP contribution is -2.50. The largest absolute Gasteiger partial charge is 0.451 e. The van der Waals surface area contributed by atoms with Crippen LogP contribution in [0.5, 0.6) is 0 Å². The van der Waals surface area contributed by atoms with Crippen LogP contribution in [0.25, 0.3) is 11.0 Å². The quantitative estimate of drug-likeness (QED) is 0.621. The Hall–Kier alpha value is -2.64. The number of furan rings is 1. The molecule has 0 radical (unpaired) electrons. The Bertz CT molecular complexity index is 1080. The summed E-state index contributed by atoms with van der Waals surface area (Å²) in [5.74, 6) is 0.210. The molecule has 0 atom stereocenters. The van der Waals surface area contributed by atoms with Crippen molar-refractivity contribution >= 4 is 44.4 Å². The van der Waals surface area contributed by atoms with Crippen LogP contribution in [0.1, 0.15) is 21.7 Å². The maximum absolute atomic E-state index is 12.8. The van der Waals surface area contributed by atoms with E-state index in [9.17, 15) is 9.59 Å². The average molecular weight is 470 g/mol. The third kappa shape index (κ3) is 4.42. The van der Waals surface area contributed by atoms with Gasteiger partial charge in [0.2, 0.25) is 5.91 Å². The predicted molar refractivity (Wildman–Crippen MR) is 121 cm³/mol. The molecular formula is C23H24BrN3O3. The van der Waals surface area contributed by atoms with Gasteiger partial charge < -0.3 is 14.6 Å². The predicted octanol–water partition coefficient (Wildman–Crippen LogP) is 4.21. The van der Waals surface area contributed by atoms with Crippen molar-refractivity contribution in [2.75, 3.05) is 38.0 Å². The summed E-state index contributed by atoms with van der Waals surface area (Å²) in [4.78, 5) is 29.2. The zero-order valence-corrected chi connectivity index (χ0v) is 18.7. The normalized spacial score (nSPS) is 14.8. The highest BCUT2D eigenvalue weighted by atomic mass is 79.9. The highest BCUT2D eigenvalue weighted by Crippen LogP contribution is 2.24. The number of fused-ring (bicyclic) bond motifs is 1. The molecule has 2 amide bonds. The van der Waals surface area contributed by atoms with Crippen LogP contribution < -0.4 is 5.32 Å². The van der Waals surface area contributed by atoms with Crippen LogP contribution in [0, 0.1) is 13.8 Å². The second-order valence-electron chi connectivity index (χ2n) is 7.68. The number of anilines is 1. The minimum atomic E-state index is -0.109. The number of nitrogens with zero attached hydrogens (tertiary/aromatic N) is 2. The number of para-hydroxylation sites is 1. The number of piperazine rings is 1. The highest BCUT2D eigenvalue weighted by molar-refractivity contribution is 9.10. The molecule has 6 nitrogen and oxygen atoms in total. The molecule has 1 aromatic heterocycles. The summed E-state index contributed by atoms with van der Waals surface area (Å²) in [7, 11) is 0. The summed E-state index contributed by atoms with van der Waals surface area (Å²) in [5.41, 5.74) is 3.68. The van der Waals surface area contributed by atoms with Crippen LogP contribution in [0.2, 0.25) is 0 Å². The van der Waals surface area contributed by atoms with Crippen molar-refractivity contribution in [2.24, 2.45) is 0 Å². The first kappa shape index (κ1) is 20.6. The molecule has 7 heteroatoms. The molecule has 2 aromatic carbocycles. The van der Waals surface area contributed by atoms with Gasteiger partial charge in [-0.1, -0.05) is 34.1 Å². The van der Waals surface area contributed by atoms with Crippen molar-refractivity contribution in [1.29, 1.82) is 0 Å². The van der Waals surface area contributed by atoms with Crippen molar-refractivity contribution in [2.45, 2.75) is 13.8 Å². The summed E-state index contributed by atoms with van der Waals surface area (Å²) < 4.78 is 6.68. The summed E-state index contributed by atoms with van der Waals surface area (Å²) in [6.45, 7) is 6.73. The summed E-state index contributed by atoms with van der Waals surface area (Å²) in [5, 5.41) is 3.92. The minimum Gasteiger partial charge on any atom is -0.451 e. The van der Waals surface area contributed by atoms with Crippen LogP contribution in [0.15, 0.2) is 51.4 Å². The molecule has 1 N–H and O–H groups in total. The maximum atomic E-state index is 12.8. The molecule has 0 bridgehead atoms. The maximum Gasteiger partial charge on any atom is 0.289 e. The number of hydrogen-bond acceptors (Lipinski definition) is 4. The number of halogens is 1. The SMILES string of the molecule is Cc1cccc(C)c1NC(=O)CN1CCN(C(=O)c2cc3cc(Br)ccc3o2)CC1. The number of carbonyl (C=O) groups excluding carboxylic acids is 2. The Balaban J connectivity index is 1.33. The molecule has 1 saturated heterocycles. The van der Waals surface area contributed by atoms with E-state index in [-0.39, 0.29) is 11.8 Å². The zero-order chi connectivity index (χ0) is 21.3. The van der Waals surface area contributed by atoms with Crippen molar-refractivity contribution < 1.29 is 14.0 Å². The first-order valence-electron chi connectivity index (χ1n) is 9.97. The van der Waals surface area contributed by atoms with Crippen LogP contribution in [-0.4, -0.2) is 54.3 Å². The number of aryl methyl sites for hydroxylation is 2. The topological polar surface area (TPSA) is 65.8 Å². The smallest absolute Gasteiger partial charge is 0.289 e. The van der Waals surface area contributed by atoms with E-state index in [0.29, 0.717) is 44.1 Å². The van der Waals surface area contributed by atoms with Gasteiger partial charge in [-0.2, -0.15) is 0 Å². The Morgan fingerprint density at radius 2 is 1.73 bits per heavy atom. The molecule has 2 heterocycles. The second kappa shape index (κ2) is 8.62. The van der Waals surface area contributed by atoms with E-state index in [1.165, 1.54) is 0 Å². The van der Waals surface area contributed by atoms with Gasteiger partial charge in [-0.25, -0.2) is 0 Å². The third-order valence-corrected chi connectivity index (χ3v) is 5.95. The summed E-state index contributed by atoms with van der Waals surface area (Å²) >= 11 is 3.43. The first-order chi connectivity index (χ1) is 14.4. The number of rotatable bonds is 4. The summed E-state index contributed by atoms with van der Waals surface area (Å²) in [6, 6.07) is 13.4. The number of hydrogen-bond donors (Lipinski definition) is 1. The molecule has 156 valence electrons. The van der Waals surface area contributed by atoms with Gasteiger partial charge in [0.25, 0.3) is 5.91 Å². The van der Waals surface area contributed by atoms with Gasteiger partial charge >= 0.3 is 0 Å². The number of amides is 2. The van der Waals surface area contributed by atoms with Crippen molar-refractivity contribution in [3.05, 3.63) is 63.8 Å². The molecule has 1 aliphatic rings. The van der Waals surface area contributed by atoms with E-state index in [2.05, 4.69) is 26.1 Å². The lowest BCUT2D eigenvalue weighted by Gasteiger charge is -2.33. The Morgan fingerprint density at radius 3 is 2.43 bits per heavy atom. The minimum absolute atomic E-state index is 0.0324. The van der Waals surface area contributed by atoms with Gasteiger partial charge in [0.05, 0.1) is 6.54 Å². The van der Waals surface area contributed by atoms with E-state index >= 15 is 0 Å². The number of carbonyl (C=O) groups is 2. The molecule has 1 fully saturated rings. The first-order valence-corrected chi connectivity index (χ1v) is 10.8. The van der Waals surface area contributed by atoms with Crippen LogP contribution in [0.4, 0.5) is 5.69 Å². The molecule has 4 rings (SSSR count). The van der Waals surface area contributed by atoms with Crippen molar-refractivity contribution in [1.82, 2.24) is 9.80 Å². The molecule has 30 heavy (non-hydrogen) atoms. The number of nitrogens with one attached hydrogen (secondary N) is 1. The van der Waals surface area contributed by atoms with E-state index < -0.39 is 0 Å². The number of benzene rings is 2. The molecule has 3 aromatic rings. The van der Waals surface area contributed by atoms with Crippen LogP contribution in [-0.2, 0) is 4.79 Å². The van der Waals surface area contributed by atoms with E-state index in [1.807, 2.05) is 50.2 Å². The Labute approximate surface area is 184 Å². The average Bonchev–Trinajstić information content (AvgIpc) is 3.14. The molecule has 1 aliphatic heterocycles. The molecule has 0 unspecified atom stereocenters. The Morgan fingerprint density at radius 1 is 1.03 bits per heavy atom. The van der Waals surface area contributed by atoms with Gasteiger partial charge in [-0.15, -0.1) is 0 Å². The fourth-order valence-electron chi connectivity index (χ4n) is 3.78. The van der Waals surface area contributed by atoms with Crippen molar-refractivity contribution in [3.63, 3.8) is 0 Å². The van der Waals surface area contributed by atoms with Gasteiger partial charge in [0, 0.05) is 41.7 Å². The molecule has 0 spiro atoms. The Kier molecular flexibility index (Phi) is 5.92. The van der Waals surface area contributed by atoms with Gasteiger partial charge in [0.15, 0.2) is 5.76 Å². The standard InChI is InChI=1S/C23H24BrN3O3/c1-15-4-3-5-16(2)22(15)25-21(28)14-26-8-10-27(11-9-26)23(29)20-13-17-12-18(24)6-7-19(17)30-20/h3-7,12-13H,8-11,14H2,1-2H3,(H,25,28). The van der Waals surface area contributed by atoms with Gasteiger partial charge in [0.1, 0.15) is 5.58 Å². The molecule has 0 aliphatic carbocycles. The lowest BCUT2D eigenvalue weighted by atomic mass is 10.1. The van der Waals surface area contributed by atoms with Crippen LogP contribution >= 0.6 is 15.9 Å². The van der Waals surface area contributed by atoms with E-state index in [4.69, 9.17) is 4.42 Å². The lowest BCUT2D eigenvalue weighted by molar-refractivity contribution is -0.117. The highest BCUT2D eigenvalue weighted by Gasteiger charge is 2.25. The fraction of sp³-hybridized carbons (Fsp3) is 0.304. The van der Waals surface area contributed by atoms with Crippen LogP contribution in [0.3, 0.4) is 0 Å². The summed E-state index contributed by atoms with van der Waals surface area (Å²) in [6.07, 6.45) is 0. The van der Waals surface area contributed by atoms with E-state index in [0.717, 1.165) is 26.7 Å². The second-order valence-corrected chi connectivity index (χ2v) is 8.59. The van der Waals surface area contributed by atoms with Gasteiger partial charge in [-0.3, -0.25) is 14.5 Å². The fourth-order valence-corrected chi connectivity index (χ4v) is 4.16. The molecular weight excluding hydrogens is 446 g/mol. The van der Waals surface area contributed by atoms with E-state index in [1.54, 1.807) is 11.0 Å². The monoisotopic (exact) mass is 469 g/mol. The third-order valence-electron chi connectivity index (χ3n) is 5.46. The van der Waals surface area contributed by atoms with Crippen molar-refractivity contribution in [3.8, 4) is 0 Å². The molecule has 0 saturated carbocycles. The zero-order valence-electron chi connectivity index (χ0n) is 17.1. The van der Waals surface area contributed by atoms with Gasteiger partial charge in [-0.05, 0) is 49.2 Å².